The van der Waals surface area contributed by atoms with Crippen molar-refractivity contribution in [3.8, 4) is 5.75 Å². The summed E-state index contributed by atoms with van der Waals surface area (Å²) < 4.78 is 17.7. The molecule has 0 N–H and O–H groups in total. The summed E-state index contributed by atoms with van der Waals surface area (Å²) in [6, 6.07) is 4.49. The normalized spacial score (nSPS) is 20.0. The van der Waals surface area contributed by atoms with Gasteiger partial charge in [-0.3, -0.25) is 10.1 Å². The van der Waals surface area contributed by atoms with E-state index in [0.29, 0.717) is 30.0 Å². The highest BCUT2D eigenvalue weighted by Gasteiger charge is 2.37. The van der Waals surface area contributed by atoms with Crippen molar-refractivity contribution < 1.29 is 19.1 Å². The summed E-state index contributed by atoms with van der Waals surface area (Å²) in [5, 5.41) is 10.8. The Balaban J connectivity index is 1.62. The van der Waals surface area contributed by atoms with Gasteiger partial charge in [0.1, 0.15) is 12.4 Å². The summed E-state index contributed by atoms with van der Waals surface area (Å²) in [5.41, 5.74) is 1.17. The van der Waals surface area contributed by atoms with Gasteiger partial charge in [-0.1, -0.05) is 6.08 Å². The van der Waals surface area contributed by atoms with Crippen molar-refractivity contribution in [1.82, 2.24) is 0 Å². The second kappa shape index (κ2) is 6.36. The Labute approximate surface area is 136 Å². The van der Waals surface area contributed by atoms with E-state index in [-0.39, 0.29) is 5.69 Å². The predicted molar refractivity (Wildman–Crippen MR) is 82.9 cm³/mol. The Kier molecular flexibility index (Phi) is 4.46. The van der Waals surface area contributed by atoms with Crippen molar-refractivity contribution in [1.29, 1.82) is 0 Å². The fourth-order valence-electron chi connectivity index (χ4n) is 2.63. The molecule has 1 heterocycles. The summed E-state index contributed by atoms with van der Waals surface area (Å²) in [5.74, 6) is 0.0408. The van der Waals surface area contributed by atoms with Crippen LogP contribution in [0.3, 0.4) is 0 Å². The van der Waals surface area contributed by atoms with E-state index in [2.05, 4.69) is 22.0 Å². The van der Waals surface area contributed by atoms with Gasteiger partial charge in [-0.25, -0.2) is 0 Å². The molecule has 1 spiro atoms. The third kappa shape index (κ3) is 3.31. The number of non-ortho nitro benzene ring substituents is 1. The molecular formula is C15H16BrNO5. The third-order valence-corrected chi connectivity index (χ3v) is 4.54. The molecule has 0 aromatic heterocycles. The van der Waals surface area contributed by atoms with Crippen molar-refractivity contribution in [2.75, 3.05) is 19.8 Å². The molecule has 0 atom stereocenters. The molecule has 0 unspecified atom stereocenters. The topological polar surface area (TPSA) is 70.8 Å². The average molecular weight is 370 g/mol. The van der Waals surface area contributed by atoms with Gasteiger partial charge in [-0.05, 0) is 34.0 Å². The van der Waals surface area contributed by atoms with Crippen molar-refractivity contribution in [2.24, 2.45) is 0 Å². The van der Waals surface area contributed by atoms with Crippen molar-refractivity contribution in [2.45, 2.75) is 25.0 Å². The lowest BCUT2D eigenvalue weighted by Crippen LogP contribution is -2.32. The summed E-state index contributed by atoms with van der Waals surface area (Å²) in [7, 11) is 0. The minimum absolute atomic E-state index is 0.0162. The van der Waals surface area contributed by atoms with Crippen molar-refractivity contribution >= 4 is 21.6 Å². The number of halogens is 1. The highest BCUT2D eigenvalue weighted by Crippen LogP contribution is 2.35. The van der Waals surface area contributed by atoms with E-state index in [1.165, 1.54) is 12.1 Å². The van der Waals surface area contributed by atoms with Crippen molar-refractivity contribution in [3.63, 3.8) is 0 Å². The van der Waals surface area contributed by atoms with E-state index in [9.17, 15) is 10.1 Å². The van der Waals surface area contributed by atoms with Crippen LogP contribution in [-0.2, 0) is 9.47 Å². The smallest absolute Gasteiger partial charge is 0.273 e. The summed E-state index contributed by atoms with van der Waals surface area (Å²) >= 11 is 3.35. The largest absolute Gasteiger partial charge is 0.488 e. The highest BCUT2D eigenvalue weighted by molar-refractivity contribution is 9.10. The molecule has 22 heavy (non-hydrogen) atoms. The van der Waals surface area contributed by atoms with Crippen LogP contribution in [0.5, 0.6) is 5.75 Å². The van der Waals surface area contributed by atoms with Crippen LogP contribution in [0.4, 0.5) is 5.69 Å². The average Bonchev–Trinajstić information content (AvgIpc) is 2.96. The first kappa shape index (κ1) is 15.5. The van der Waals surface area contributed by atoms with E-state index in [4.69, 9.17) is 14.2 Å². The Hall–Kier alpha value is -1.44. The molecule has 0 bridgehead atoms. The zero-order valence-corrected chi connectivity index (χ0v) is 13.5. The maximum absolute atomic E-state index is 10.8. The van der Waals surface area contributed by atoms with Gasteiger partial charge in [0, 0.05) is 18.9 Å². The molecule has 7 heteroatoms. The van der Waals surface area contributed by atoms with Crippen molar-refractivity contribution in [3.05, 3.63) is 44.4 Å². The van der Waals surface area contributed by atoms with Gasteiger partial charge >= 0.3 is 0 Å². The molecule has 0 radical (unpaired) electrons. The summed E-state index contributed by atoms with van der Waals surface area (Å²) in [4.78, 5) is 10.4. The summed E-state index contributed by atoms with van der Waals surface area (Å²) in [6.45, 7) is 1.72. The first-order valence-corrected chi connectivity index (χ1v) is 7.90. The molecule has 1 aromatic carbocycles. The van der Waals surface area contributed by atoms with Gasteiger partial charge < -0.3 is 14.2 Å². The van der Waals surface area contributed by atoms with E-state index >= 15 is 0 Å². The lowest BCUT2D eigenvalue weighted by Gasteiger charge is -2.30. The van der Waals surface area contributed by atoms with Gasteiger partial charge in [0.15, 0.2) is 5.79 Å². The molecule has 1 aliphatic carbocycles. The molecule has 1 saturated heterocycles. The SMILES string of the molecule is O=[N+]([O-])c1ccc(Br)c(OCC2=CCC3(CC2)OCCO3)c1. The van der Waals surface area contributed by atoms with Crippen LogP contribution in [0.25, 0.3) is 0 Å². The number of hydrogen-bond donors (Lipinski definition) is 0. The molecule has 118 valence electrons. The van der Waals surface area contributed by atoms with Crippen LogP contribution in [0.1, 0.15) is 19.3 Å². The molecule has 1 aliphatic heterocycles. The molecule has 6 nitrogen and oxygen atoms in total. The second-order valence-corrected chi connectivity index (χ2v) is 6.19. The van der Waals surface area contributed by atoms with E-state index in [1.807, 2.05) is 0 Å². The van der Waals surface area contributed by atoms with Crippen LogP contribution in [-0.4, -0.2) is 30.5 Å². The zero-order valence-electron chi connectivity index (χ0n) is 11.9. The molecule has 0 saturated carbocycles. The molecule has 2 aliphatic rings. The number of hydrogen-bond acceptors (Lipinski definition) is 5. The molecule has 3 rings (SSSR count). The number of rotatable bonds is 4. The van der Waals surface area contributed by atoms with Gasteiger partial charge in [-0.15, -0.1) is 0 Å². The fraction of sp³-hybridized carbons (Fsp3) is 0.467. The molecular weight excluding hydrogens is 354 g/mol. The Morgan fingerprint density at radius 3 is 2.77 bits per heavy atom. The predicted octanol–water partition coefficient (Wildman–Crippen LogP) is 3.59. The van der Waals surface area contributed by atoms with E-state index in [1.54, 1.807) is 6.07 Å². The lowest BCUT2D eigenvalue weighted by atomic mass is 9.94. The maximum atomic E-state index is 10.8. The number of nitro benzene ring substituents is 1. The number of benzene rings is 1. The maximum Gasteiger partial charge on any atom is 0.273 e. The quantitative estimate of drug-likeness (QED) is 0.460. The first-order valence-electron chi connectivity index (χ1n) is 7.11. The lowest BCUT2D eigenvalue weighted by molar-refractivity contribution is -0.384. The molecule has 1 aromatic rings. The van der Waals surface area contributed by atoms with Crippen LogP contribution in [0, 0.1) is 10.1 Å². The van der Waals surface area contributed by atoms with E-state index < -0.39 is 10.7 Å². The van der Waals surface area contributed by atoms with E-state index in [0.717, 1.165) is 24.8 Å². The molecule has 1 fully saturated rings. The second-order valence-electron chi connectivity index (χ2n) is 5.33. The van der Waals surface area contributed by atoms with Gasteiger partial charge in [0.2, 0.25) is 0 Å². The fourth-order valence-corrected chi connectivity index (χ4v) is 2.99. The van der Waals surface area contributed by atoms with Crippen LogP contribution >= 0.6 is 15.9 Å². The summed E-state index contributed by atoms with van der Waals surface area (Å²) in [6.07, 6.45) is 4.47. The zero-order chi connectivity index (χ0) is 15.6. The van der Waals surface area contributed by atoms with Gasteiger partial charge in [0.25, 0.3) is 5.69 Å². The minimum Gasteiger partial charge on any atom is -0.488 e. The number of nitro groups is 1. The van der Waals surface area contributed by atoms with Crippen LogP contribution in [0.2, 0.25) is 0 Å². The van der Waals surface area contributed by atoms with Gasteiger partial charge in [0.05, 0.1) is 28.7 Å². The standard InChI is InChI=1S/C15H16BrNO5/c16-13-2-1-12(17(18)19)9-14(13)20-10-11-3-5-15(6-4-11)21-7-8-22-15/h1-3,9H,4-8,10H2. The number of nitrogens with zero attached hydrogens (tertiary/aromatic N) is 1. The Bertz CT molecular complexity index is 610. The number of ether oxygens (including phenoxy) is 3. The monoisotopic (exact) mass is 369 g/mol. The highest BCUT2D eigenvalue weighted by atomic mass is 79.9. The molecule has 0 amide bonds. The Morgan fingerprint density at radius 1 is 1.36 bits per heavy atom. The van der Waals surface area contributed by atoms with Crippen LogP contribution < -0.4 is 4.74 Å². The minimum atomic E-state index is -0.435. The Morgan fingerprint density at radius 2 is 2.14 bits per heavy atom. The third-order valence-electron chi connectivity index (χ3n) is 3.88. The first-order chi connectivity index (χ1) is 10.6. The van der Waals surface area contributed by atoms with Crippen LogP contribution in [0.15, 0.2) is 34.3 Å². The van der Waals surface area contributed by atoms with Gasteiger partial charge in [-0.2, -0.15) is 0 Å².